The minimum absolute atomic E-state index is 0.139. The number of nitrogens with zero attached hydrogens (tertiary/aromatic N) is 3. The predicted molar refractivity (Wildman–Crippen MR) is 81.0 cm³/mol. The predicted octanol–water partition coefficient (Wildman–Crippen LogP) is 2.62. The number of benzene rings is 1. The third kappa shape index (κ3) is 2.72. The maximum absolute atomic E-state index is 11.1. The summed E-state index contributed by atoms with van der Waals surface area (Å²) in [5.41, 5.74) is 2.96. The first-order valence-corrected chi connectivity index (χ1v) is 7.13. The van der Waals surface area contributed by atoms with E-state index in [2.05, 4.69) is 10.2 Å². The molecular formula is C16H17N3O3. The van der Waals surface area contributed by atoms with Crippen molar-refractivity contribution in [2.24, 2.45) is 0 Å². The Hall–Kier alpha value is -2.63. The van der Waals surface area contributed by atoms with Gasteiger partial charge in [-0.25, -0.2) is 4.79 Å². The highest BCUT2D eigenvalue weighted by atomic mass is 16.5. The summed E-state index contributed by atoms with van der Waals surface area (Å²) in [6.07, 6.45) is 3.24. The SMILES string of the molecule is CN(CC1CCOc2c(-c3ccnnc3)cccc21)C(=O)O. The van der Waals surface area contributed by atoms with Crippen LogP contribution in [0.5, 0.6) is 5.75 Å². The van der Waals surface area contributed by atoms with Gasteiger partial charge in [-0.05, 0) is 18.1 Å². The Labute approximate surface area is 128 Å². The van der Waals surface area contributed by atoms with Crippen LogP contribution in [-0.2, 0) is 0 Å². The molecule has 114 valence electrons. The van der Waals surface area contributed by atoms with Crippen molar-refractivity contribution in [1.82, 2.24) is 15.1 Å². The van der Waals surface area contributed by atoms with Crippen LogP contribution in [0.4, 0.5) is 4.79 Å². The van der Waals surface area contributed by atoms with Crippen LogP contribution < -0.4 is 4.74 Å². The lowest BCUT2D eigenvalue weighted by molar-refractivity contribution is 0.149. The molecule has 0 bridgehead atoms. The average molecular weight is 299 g/mol. The van der Waals surface area contributed by atoms with E-state index >= 15 is 0 Å². The maximum Gasteiger partial charge on any atom is 0.407 e. The van der Waals surface area contributed by atoms with Crippen LogP contribution >= 0.6 is 0 Å². The van der Waals surface area contributed by atoms with E-state index in [4.69, 9.17) is 9.84 Å². The van der Waals surface area contributed by atoms with E-state index < -0.39 is 6.09 Å². The molecule has 0 saturated carbocycles. The van der Waals surface area contributed by atoms with Gasteiger partial charge < -0.3 is 14.7 Å². The van der Waals surface area contributed by atoms with Gasteiger partial charge in [0.1, 0.15) is 5.75 Å². The number of likely N-dealkylation sites (N-methyl/N-ethyl adjacent to an activating group) is 1. The Balaban J connectivity index is 1.97. The Morgan fingerprint density at radius 1 is 1.41 bits per heavy atom. The van der Waals surface area contributed by atoms with Crippen LogP contribution in [0.2, 0.25) is 0 Å². The summed E-state index contributed by atoms with van der Waals surface area (Å²) in [5, 5.41) is 16.8. The van der Waals surface area contributed by atoms with Crippen LogP contribution in [0.1, 0.15) is 17.9 Å². The summed E-state index contributed by atoms with van der Waals surface area (Å²) in [7, 11) is 1.59. The second kappa shape index (κ2) is 6.01. The van der Waals surface area contributed by atoms with Gasteiger partial charge in [0, 0.05) is 30.6 Å². The number of carbonyl (C=O) groups is 1. The lowest BCUT2D eigenvalue weighted by Crippen LogP contribution is -2.31. The zero-order chi connectivity index (χ0) is 15.5. The standard InChI is InChI=1S/C16H17N3O3/c1-19(16(20)21)10-12-6-8-22-15-13(3-2-4-14(12)15)11-5-7-17-18-9-11/h2-5,7,9,12H,6,8,10H2,1H3,(H,20,21). The first-order valence-electron chi connectivity index (χ1n) is 7.13. The Kier molecular flexibility index (Phi) is 3.91. The second-order valence-corrected chi connectivity index (χ2v) is 5.35. The Morgan fingerprint density at radius 3 is 3.00 bits per heavy atom. The molecule has 6 nitrogen and oxygen atoms in total. The molecule has 1 aliphatic heterocycles. The van der Waals surface area contributed by atoms with Gasteiger partial charge in [0.25, 0.3) is 0 Å². The molecule has 2 heterocycles. The molecule has 3 rings (SSSR count). The molecule has 0 aliphatic carbocycles. The van der Waals surface area contributed by atoms with Gasteiger partial charge >= 0.3 is 6.09 Å². The largest absolute Gasteiger partial charge is 0.493 e. The van der Waals surface area contributed by atoms with Gasteiger partial charge in [0.2, 0.25) is 0 Å². The fraction of sp³-hybridized carbons (Fsp3) is 0.312. The number of fused-ring (bicyclic) bond motifs is 1. The highest BCUT2D eigenvalue weighted by molar-refractivity contribution is 5.72. The van der Waals surface area contributed by atoms with Gasteiger partial charge in [-0.15, -0.1) is 0 Å². The lowest BCUT2D eigenvalue weighted by Gasteiger charge is -2.29. The summed E-state index contributed by atoms with van der Waals surface area (Å²) < 4.78 is 5.87. The van der Waals surface area contributed by atoms with E-state index in [-0.39, 0.29) is 5.92 Å². The first kappa shape index (κ1) is 14.3. The van der Waals surface area contributed by atoms with Gasteiger partial charge in [-0.2, -0.15) is 10.2 Å². The van der Waals surface area contributed by atoms with Crippen molar-refractivity contribution in [3.8, 4) is 16.9 Å². The van der Waals surface area contributed by atoms with Crippen molar-refractivity contribution in [2.75, 3.05) is 20.2 Å². The second-order valence-electron chi connectivity index (χ2n) is 5.35. The average Bonchev–Trinajstić information content (AvgIpc) is 2.55. The fourth-order valence-electron chi connectivity index (χ4n) is 2.77. The van der Waals surface area contributed by atoms with E-state index in [9.17, 15) is 4.79 Å². The third-order valence-electron chi connectivity index (χ3n) is 3.91. The van der Waals surface area contributed by atoms with Crippen LogP contribution in [0, 0.1) is 0 Å². The van der Waals surface area contributed by atoms with E-state index in [0.717, 1.165) is 28.9 Å². The van der Waals surface area contributed by atoms with E-state index in [0.29, 0.717) is 13.2 Å². The maximum atomic E-state index is 11.1. The summed E-state index contributed by atoms with van der Waals surface area (Å²) in [6, 6.07) is 7.85. The topological polar surface area (TPSA) is 75.5 Å². The van der Waals surface area contributed by atoms with E-state index in [1.165, 1.54) is 4.90 Å². The molecule has 0 fully saturated rings. The summed E-state index contributed by atoms with van der Waals surface area (Å²) in [6.45, 7) is 1.05. The molecule has 1 aliphatic rings. The highest BCUT2D eigenvalue weighted by Crippen LogP contribution is 2.40. The Bertz CT molecular complexity index is 676. The van der Waals surface area contributed by atoms with Crippen molar-refractivity contribution in [3.05, 3.63) is 42.2 Å². The molecule has 1 aromatic heterocycles. The monoisotopic (exact) mass is 299 g/mol. The van der Waals surface area contributed by atoms with Crippen LogP contribution in [0.15, 0.2) is 36.7 Å². The highest BCUT2D eigenvalue weighted by Gasteiger charge is 2.26. The number of para-hydroxylation sites is 1. The van der Waals surface area contributed by atoms with Gasteiger partial charge in [-0.3, -0.25) is 0 Å². The molecule has 22 heavy (non-hydrogen) atoms. The molecule has 1 aromatic carbocycles. The van der Waals surface area contributed by atoms with Gasteiger partial charge in [0.05, 0.1) is 19.0 Å². The number of ether oxygens (including phenoxy) is 1. The molecular weight excluding hydrogens is 282 g/mol. The van der Waals surface area contributed by atoms with Crippen molar-refractivity contribution in [3.63, 3.8) is 0 Å². The molecule has 1 amide bonds. The smallest absolute Gasteiger partial charge is 0.407 e. The van der Waals surface area contributed by atoms with Crippen molar-refractivity contribution < 1.29 is 14.6 Å². The summed E-state index contributed by atoms with van der Waals surface area (Å²) in [4.78, 5) is 12.4. The van der Waals surface area contributed by atoms with Gasteiger partial charge in [0.15, 0.2) is 0 Å². The zero-order valence-corrected chi connectivity index (χ0v) is 12.3. The lowest BCUT2D eigenvalue weighted by atomic mass is 9.89. The number of rotatable bonds is 3. The van der Waals surface area contributed by atoms with E-state index in [1.807, 2.05) is 24.3 Å². The van der Waals surface area contributed by atoms with Crippen LogP contribution in [0.3, 0.4) is 0 Å². The molecule has 0 spiro atoms. The quantitative estimate of drug-likeness (QED) is 0.943. The van der Waals surface area contributed by atoms with Crippen molar-refractivity contribution in [2.45, 2.75) is 12.3 Å². The Morgan fingerprint density at radius 2 is 2.27 bits per heavy atom. The molecule has 0 saturated heterocycles. The normalized spacial score (nSPS) is 16.5. The molecule has 2 aromatic rings. The minimum atomic E-state index is -0.914. The molecule has 1 unspecified atom stereocenters. The van der Waals surface area contributed by atoms with Gasteiger partial charge in [-0.1, -0.05) is 18.2 Å². The minimum Gasteiger partial charge on any atom is -0.493 e. The number of carboxylic acid groups (broad SMARTS) is 1. The number of amides is 1. The number of aromatic nitrogens is 2. The van der Waals surface area contributed by atoms with Crippen molar-refractivity contribution >= 4 is 6.09 Å². The molecule has 1 N–H and O–H groups in total. The molecule has 0 radical (unpaired) electrons. The van der Waals surface area contributed by atoms with Crippen LogP contribution in [0.25, 0.3) is 11.1 Å². The van der Waals surface area contributed by atoms with E-state index in [1.54, 1.807) is 19.4 Å². The van der Waals surface area contributed by atoms with Crippen LogP contribution in [-0.4, -0.2) is 46.5 Å². The summed E-state index contributed by atoms with van der Waals surface area (Å²) in [5.74, 6) is 0.963. The zero-order valence-electron chi connectivity index (χ0n) is 12.3. The third-order valence-corrected chi connectivity index (χ3v) is 3.91. The molecule has 1 atom stereocenters. The van der Waals surface area contributed by atoms with Crippen molar-refractivity contribution in [1.29, 1.82) is 0 Å². The summed E-state index contributed by atoms with van der Waals surface area (Å²) >= 11 is 0. The number of hydrogen-bond acceptors (Lipinski definition) is 4. The molecule has 6 heteroatoms. The number of hydrogen-bond donors (Lipinski definition) is 1. The first-order chi connectivity index (χ1) is 10.7. The fourth-order valence-corrected chi connectivity index (χ4v) is 2.77.